The summed E-state index contributed by atoms with van der Waals surface area (Å²) in [7, 11) is -2.36. The van der Waals surface area contributed by atoms with Crippen molar-refractivity contribution in [2.75, 3.05) is 11.8 Å². The lowest BCUT2D eigenvalue weighted by Gasteiger charge is -2.17. The summed E-state index contributed by atoms with van der Waals surface area (Å²) < 4.78 is 28.0. The van der Waals surface area contributed by atoms with Crippen molar-refractivity contribution < 1.29 is 18.0 Å². The van der Waals surface area contributed by atoms with E-state index in [1.807, 2.05) is 6.07 Å². The van der Waals surface area contributed by atoms with E-state index in [-0.39, 0.29) is 27.6 Å². The summed E-state index contributed by atoms with van der Waals surface area (Å²) in [5.41, 5.74) is 3.05. The average molecular weight is 370 g/mol. The summed E-state index contributed by atoms with van der Waals surface area (Å²) in [5, 5.41) is 0. The Morgan fingerprint density at radius 1 is 0.885 bits per heavy atom. The summed E-state index contributed by atoms with van der Waals surface area (Å²) >= 11 is 0. The maximum absolute atomic E-state index is 12.7. The first kappa shape index (κ1) is 16.8. The van der Waals surface area contributed by atoms with Gasteiger partial charge in [0.15, 0.2) is 0 Å². The summed E-state index contributed by atoms with van der Waals surface area (Å²) in [6, 6.07) is 9.61. The fourth-order valence-corrected chi connectivity index (χ4v) is 4.62. The molecule has 2 aliphatic rings. The molecule has 2 aromatic carbocycles. The van der Waals surface area contributed by atoms with Crippen LogP contribution in [-0.2, 0) is 22.9 Å². The van der Waals surface area contributed by atoms with Crippen molar-refractivity contribution in [2.24, 2.45) is 0 Å². The molecule has 6 nitrogen and oxygen atoms in total. The second-order valence-electron chi connectivity index (χ2n) is 6.67. The summed E-state index contributed by atoms with van der Waals surface area (Å²) in [5.74, 6) is -0.811. The zero-order chi connectivity index (χ0) is 18.5. The van der Waals surface area contributed by atoms with E-state index in [2.05, 4.69) is 4.72 Å². The largest absolute Gasteiger partial charge is 0.280 e. The SMILES string of the molecule is CN1C(=O)c2ccc(NS(=O)(=O)c3ccc4c(c3)CCCC4)cc2C1=O. The van der Waals surface area contributed by atoms with Gasteiger partial charge >= 0.3 is 0 Å². The van der Waals surface area contributed by atoms with Crippen LogP contribution in [0.2, 0.25) is 0 Å². The van der Waals surface area contributed by atoms with Gasteiger partial charge in [-0.05, 0) is 67.1 Å². The fraction of sp³-hybridized carbons (Fsp3) is 0.263. The first-order valence-electron chi connectivity index (χ1n) is 8.48. The Kier molecular flexibility index (Phi) is 3.84. The van der Waals surface area contributed by atoms with Gasteiger partial charge in [-0.3, -0.25) is 19.2 Å². The second kappa shape index (κ2) is 5.95. The Hall–Kier alpha value is -2.67. The van der Waals surface area contributed by atoms with Crippen LogP contribution in [0.1, 0.15) is 44.7 Å². The van der Waals surface area contributed by atoms with Crippen molar-refractivity contribution in [3.63, 3.8) is 0 Å². The van der Waals surface area contributed by atoms with Gasteiger partial charge in [0.1, 0.15) is 0 Å². The van der Waals surface area contributed by atoms with E-state index in [0.29, 0.717) is 0 Å². The summed E-state index contributed by atoms with van der Waals surface area (Å²) in [6.45, 7) is 0. The van der Waals surface area contributed by atoms with Gasteiger partial charge in [-0.1, -0.05) is 6.07 Å². The molecule has 0 unspecified atom stereocenters. The fourth-order valence-electron chi connectivity index (χ4n) is 3.52. The molecule has 0 atom stereocenters. The van der Waals surface area contributed by atoms with E-state index in [9.17, 15) is 18.0 Å². The Morgan fingerprint density at radius 2 is 1.58 bits per heavy atom. The minimum atomic E-state index is -3.77. The number of amides is 2. The number of aryl methyl sites for hydroxylation is 2. The topological polar surface area (TPSA) is 83.6 Å². The Morgan fingerprint density at radius 3 is 2.35 bits per heavy atom. The number of benzene rings is 2. The van der Waals surface area contributed by atoms with Crippen LogP contribution in [0.4, 0.5) is 5.69 Å². The second-order valence-corrected chi connectivity index (χ2v) is 8.36. The molecule has 134 valence electrons. The molecule has 0 bridgehead atoms. The van der Waals surface area contributed by atoms with Gasteiger partial charge in [0, 0.05) is 12.7 Å². The third-order valence-electron chi connectivity index (χ3n) is 4.97. The summed E-state index contributed by atoms with van der Waals surface area (Å²) in [6.07, 6.45) is 4.07. The van der Waals surface area contributed by atoms with Gasteiger partial charge in [-0.2, -0.15) is 0 Å². The molecule has 0 saturated carbocycles. The zero-order valence-corrected chi connectivity index (χ0v) is 15.1. The molecule has 2 aromatic rings. The van der Waals surface area contributed by atoms with Crippen molar-refractivity contribution in [3.05, 3.63) is 58.7 Å². The minimum Gasteiger partial charge on any atom is -0.280 e. The van der Waals surface area contributed by atoms with Gasteiger partial charge in [-0.15, -0.1) is 0 Å². The number of rotatable bonds is 3. The average Bonchev–Trinajstić information content (AvgIpc) is 2.85. The normalized spacial score (nSPS) is 16.4. The highest BCUT2D eigenvalue weighted by molar-refractivity contribution is 7.92. The maximum Gasteiger partial charge on any atom is 0.261 e. The lowest BCUT2D eigenvalue weighted by molar-refractivity contribution is 0.0693. The number of imide groups is 1. The molecule has 0 aromatic heterocycles. The number of nitrogens with one attached hydrogen (secondary N) is 1. The van der Waals surface area contributed by atoms with Gasteiger partial charge in [0.2, 0.25) is 0 Å². The number of hydrogen-bond donors (Lipinski definition) is 1. The van der Waals surface area contributed by atoms with Gasteiger partial charge in [-0.25, -0.2) is 8.42 Å². The Bertz CT molecular complexity index is 1040. The van der Waals surface area contributed by atoms with E-state index in [1.165, 1.54) is 30.8 Å². The van der Waals surface area contributed by atoms with Gasteiger partial charge in [0.05, 0.1) is 16.0 Å². The molecule has 4 rings (SSSR count). The number of nitrogens with zero attached hydrogens (tertiary/aromatic N) is 1. The predicted molar refractivity (Wildman–Crippen MR) is 96.8 cm³/mol. The van der Waals surface area contributed by atoms with E-state index < -0.39 is 15.9 Å². The number of carbonyl (C=O) groups excluding carboxylic acids is 2. The number of carbonyl (C=O) groups is 2. The van der Waals surface area contributed by atoms with Crippen molar-refractivity contribution >= 4 is 27.5 Å². The molecule has 26 heavy (non-hydrogen) atoms. The zero-order valence-electron chi connectivity index (χ0n) is 14.3. The molecule has 2 amide bonds. The quantitative estimate of drug-likeness (QED) is 0.842. The monoisotopic (exact) mass is 370 g/mol. The van der Waals surface area contributed by atoms with Crippen molar-refractivity contribution in [1.29, 1.82) is 0 Å². The molecular formula is C19H18N2O4S. The highest BCUT2D eigenvalue weighted by atomic mass is 32.2. The van der Waals surface area contributed by atoms with Crippen LogP contribution in [0.15, 0.2) is 41.3 Å². The molecule has 0 radical (unpaired) electrons. The highest BCUT2D eigenvalue weighted by Gasteiger charge is 2.33. The van der Waals surface area contributed by atoms with E-state index >= 15 is 0 Å². The molecular weight excluding hydrogens is 352 g/mol. The van der Waals surface area contributed by atoms with Crippen LogP contribution in [-0.4, -0.2) is 32.2 Å². The van der Waals surface area contributed by atoms with Crippen LogP contribution < -0.4 is 4.72 Å². The van der Waals surface area contributed by atoms with Crippen molar-refractivity contribution in [3.8, 4) is 0 Å². The molecule has 1 N–H and O–H groups in total. The number of fused-ring (bicyclic) bond motifs is 2. The molecule has 1 aliphatic heterocycles. The van der Waals surface area contributed by atoms with Crippen LogP contribution in [0.5, 0.6) is 0 Å². The number of hydrogen-bond acceptors (Lipinski definition) is 4. The minimum absolute atomic E-state index is 0.207. The van der Waals surface area contributed by atoms with Gasteiger partial charge < -0.3 is 0 Å². The third-order valence-corrected chi connectivity index (χ3v) is 6.35. The lowest BCUT2D eigenvalue weighted by Crippen LogP contribution is -2.24. The first-order valence-corrected chi connectivity index (χ1v) is 9.96. The van der Waals surface area contributed by atoms with Crippen molar-refractivity contribution in [2.45, 2.75) is 30.6 Å². The third kappa shape index (κ3) is 2.68. The number of anilines is 1. The van der Waals surface area contributed by atoms with Crippen molar-refractivity contribution in [1.82, 2.24) is 4.90 Å². The van der Waals surface area contributed by atoms with Crippen LogP contribution in [0.3, 0.4) is 0 Å². The van der Waals surface area contributed by atoms with Crippen LogP contribution >= 0.6 is 0 Å². The molecule has 0 fully saturated rings. The Balaban J connectivity index is 1.65. The number of sulfonamides is 1. The molecule has 0 spiro atoms. The van der Waals surface area contributed by atoms with Crippen LogP contribution in [0, 0.1) is 0 Å². The van der Waals surface area contributed by atoms with E-state index in [1.54, 1.807) is 12.1 Å². The maximum atomic E-state index is 12.7. The standard InChI is InChI=1S/C19H18N2O4S/c1-21-18(22)16-9-7-14(11-17(16)19(21)23)20-26(24,25)15-8-6-12-4-2-3-5-13(12)10-15/h6-11,20H,2-5H2,1H3. The molecule has 7 heteroatoms. The molecule has 1 heterocycles. The first-order chi connectivity index (χ1) is 12.4. The van der Waals surface area contributed by atoms with E-state index in [4.69, 9.17) is 0 Å². The smallest absolute Gasteiger partial charge is 0.261 e. The lowest BCUT2D eigenvalue weighted by atomic mass is 9.92. The van der Waals surface area contributed by atoms with E-state index in [0.717, 1.165) is 36.1 Å². The summed E-state index contributed by atoms with van der Waals surface area (Å²) in [4.78, 5) is 25.2. The molecule has 1 aliphatic carbocycles. The highest BCUT2D eigenvalue weighted by Crippen LogP contribution is 2.28. The Labute approximate surface area is 151 Å². The van der Waals surface area contributed by atoms with Crippen LogP contribution in [0.25, 0.3) is 0 Å². The predicted octanol–water partition coefficient (Wildman–Crippen LogP) is 2.59. The van der Waals surface area contributed by atoms with Gasteiger partial charge in [0.25, 0.3) is 21.8 Å². The molecule has 0 saturated heterocycles.